The first kappa shape index (κ1) is 12.8. The molecule has 2 aromatic rings. The first-order valence-corrected chi connectivity index (χ1v) is 5.70. The molecule has 0 aliphatic rings. The number of carbonyl (C=O) groups excluding carboxylic acids is 1. The molecule has 0 fully saturated rings. The third kappa shape index (κ3) is 3.19. The molecule has 19 heavy (non-hydrogen) atoms. The molecule has 4 heteroatoms. The van der Waals surface area contributed by atoms with Crippen LogP contribution in [0.3, 0.4) is 0 Å². The number of aliphatic hydroxyl groups is 1. The lowest BCUT2D eigenvalue weighted by molar-refractivity contribution is 0.104. The van der Waals surface area contributed by atoms with E-state index in [1.54, 1.807) is 43.5 Å². The second-order valence-corrected chi connectivity index (χ2v) is 3.86. The van der Waals surface area contributed by atoms with Crippen LogP contribution < -0.4 is 4.74 Å². The molecule has 4 nitrogen and oxygen atoms in total. The van der Waals surface area contributed by atoms with E-state index >= 15 is 0 Å². The van der Waals surface area contributed by atoms with Gasteiger partial charge in [0.1, 0.15) is 11.5 Å². The summed E-state index contributed by atoms with van der Waals surface area (Å²) in [5.41, 5.74) is 1.04. The van der Waals surface area contributed by atoms with E-state index in [0.717, 1.165) is 0 Å². The number of nitrogens with zero attached hydrogens (tertiary/aromatic N) is 1. The molecule has 0 amide bonds. The molecule has 0 unspecified atom stereocenters. The predicted octanol–water partition coefficient (Wildman–Crippen LogP) is 2.87. The Bertz CT molecular complexity index is 589. The molecular formula is C15H13NO3. The molecule has 1 aromatic carbocycles. The van der Waals surface area contributed by atoms with Gasteiger partial charge in [0, 0.05) is 29.6 Å². The van der Waals surface area contributed by atoms with Crippen molar-refractivity contribution >= 4 is 11.5 Å². The number of ether oxygens (including phenoxy) is 1. The molecule has 0 saturated heterocycles. The number of hydrogen-bond acceptors (Lipinski definition) is 4. The number of aromatic nitrogens is 1. The first-order valence-electron chi connectivity index (χ1n) is 5.70. The normalized spacial score (nSPS) is 11.1. The maximum Gasteiger partial charge on any atom is 0.189 e. The van der Waals surface area contributed by atoms with Crippen LogP contribution in [-0.4, -0.2) is 23.0 Å². The summed E-state index contributed by atoms with van der Waals surface area (Å²) in [6.07, 6.45) is 4.26. The fourth-order valence-corrected chi connectivity index (χ4v) is 1.57. The third-order valence-corrected chi connectivity index (χ3v) is 2.62. The predicted molar refractivity (Wildman–Crippen MR) is 72.2 cm³/mol. The quantitative estimate of drug-likeness (QED) is 0.518. The van der Waals surface area contributed by atoms with Gasteiger partial charge >= 0.3 is 0 Å². The summed E-state index contributed by atoms with van der Waals surface area (Å²) in [6.45, 7) is 0. The van der Waals surface area contributed by atoms with Crippen LogP contribution in [0.25, 0.3) is 5.76 Å². The number of pyridine rings is 1. The SMILES string of the molecule is COc1ccc(/C(O)=C/C(=O)c2ccncc2)cc1. The fraction of sp³-hybridized carbons (Fsp3) is 0.0667. The van der Waals surface area contributed by atoms with Gasteiger partial charge in [-0.25, -0.2) is 0 Å². The minimum atomic E-state index is -0.268. The van der Waals surface area contributed by atoms with Crippen LogP contribution in [0.1, 0.15) is 15.9 Å². The number of aliphatic hydroxyl groups excluding tert-OH is 1. The average molecular weight is 255 g/mol. The van der Waals surface area contributed by atoms with E-state index in [0.29, 0.717) is 16.9 Å². The van der Waals surface area contributed by atoms with Crippen LogP contribution in [0.2, 0.25) is 0 Å². The van der Waals surface area contributed by atoms with Gasteiger partial charge in [-0.2, -0.15) is 0 Å². The molecule has 0 radical (unpaired) electrons. The number of rotatable bonds is 4. The molecule has 0 aliphatic heterocycles. The van der Waals surface area contributed by atoms with Gasteiger partial charge in [0.2, 0.25) is 0 Å². The number of benzene rings is 1. The number of carbonyl (C=O) groups is 1. The van der Waals surface area contributed by atoms with Crippen molar-refractivity contribution < 1.29 is 14.6 Å². The van der Waals surface area contributed by atoms with Crippen LogP contribution in [0.4, 0.5) is 0 Å². The van der Waals surface area contributed by atoms with Gasteiger partial charge in [0.15, 0.2) is 5.78 Å². The van der Waals surface area contributed by atoms with Gasteiger partial charge in [-0.1, -0.05) is 0 Å². The Balaban J connectivity index is 2.20. The van der Waals surface area contributed by atoms with Crippen LogP contribution in [0.5, 0.6) is 5.75 Å². The molecule has 2 rings (SSSR count). The topological polar surface area (TPSA) is 59.4 Å². The van der Waals surface area contributed by atoms with E-state index in [2.05, 4.69) is 4.98 Å². The highest BCUT2D eigenvalue weighted by molar-refractivity contribution is 6.07. The summed E-state index contributed by atoms with van der Waals surface area (Å²) in [4.78, 5) is 15.7. The second-order valence-electron chi connectivity index (χ2n) is 3.86. The highest BCUT2D eigenvalue weighted by Crippen LogP contribution is 2.17. The number of allylic oxidation sites excluding steroid dienone is 1. The van der Waals surface area contributed by atoms with E-state index < -0.39 is 0 Å². The molecule has 0 spiro atoms. The van der Waals surface area contributed by atoms with Crippen molar-refractivity contribution in [2.24, 2.45) is 0 Å². The Hall–Kier alpha value is -2.62. The lowest BCUT2D eigenvalue weighted by atomic mass is 10.1. The van der Waals surface area contributed by atoms with Crippen molar-refractivity contribution in [3.63, 3.8) is 0 Å². The van der Waals surface area contributed by atoms with E-state index in [1.165, 1.54) is 18.5 Å². The van der Waals surface area contributed by atoms with Gasteiger partial charge in [-0.15, -0.1) is 0 Å². The van der Waals surface area contributed by atoms with Gasteiger partial charge < -0.3 is 9.84 Å². The molecule has 0 saturated carbocycles. The Kier molecular flexibility index (Phi) is 3.93. The van der Waals surface area contributed by atoms with E-state index in [4.69, 9.17) is 4.74 Å². The zero-order valence-electron chi connectivity index (χ0n) is 10.4. The van der Waals surface area contributed by atoms with Gasteiger partial charge in [0.05, 0.1) is 7.11 Å². The van der Waals surface area contributed by atoms with Crippen molar-refractivity contribution in [1.82, 2.24) is 4.98 Å². The lowest BCUT2D eigenvalue weighted by Gasteiger charge is -2.02. The number of methoxy groups -OCH3 is 1. The molecule has 0 atom stereocenters. The molecule has 0 aliphatic carbocycles. The van der Waals surface area contributed by atoms with Gasteiger partial charge in [-0.3, -0.25) is 9.78 Å². The smallest absolute Gasteiger partial charge is 0.189 e. The summed E-state index contributed by atoms with van der Waals surface area (Å²) in [7, 11) is 1.57. The van der Waals surface area contributed by atoms with Crippen LogP contribution in [0, 0.1) is 0 Å². The lowest BCUT2D eigenvalue weighted by Crippen LogP contribution is -1.96. The number of hydrogen-bond donors (Lipinski definition) is 1. The van der Waals surface area contributed by atoms with Crippen LogP contribution in [-0.2, 0) is 0 Å². The standard InChI is InChI=1S/C15H13NO3/c1-19-13-4-2-11(3-5-13)14(17)10-15(18)12-6-8-16-9-7-12/h2-10,17H,1H3/b14-10-. The summed E-state index contributed by atoms with van der Waals surface area (Å²) < 4.78 is 5.02. The zero-order valence-corrected chi connectivity index (χ0v) is 10.4. The summed E-state index contributed by atoms with van der Waals surface area (Å²) in [6, 6.07) is 10.0. The highest BCUT2D eigenvalue weighted by atomic mass is 16.5. The minimum Gasteiger partial charge on any atom is -0.507 e. The molecular weight excluding hydrogens is 242 g/mol. The van der Waals surface area contributed by atoms with E-state index in [-0.39, 0.29) is 11.5 Å². The molecule has 1 aromatic heterocycles. The maximum atomic E-state index is 11.9. The summed E-state index contributed by atoms with van der Waals surface area (Å²) in [5, 5.41) is 9.90. The Morgan fingerprint density at radius 2 is 1.74 bits per heavy atom. The van der Waals surface area contributed by atoms with Crippen molar-refractivity contribution in [2.45, 2.75) is 0 Å². The monoisotopic (exact) mass is 255 g/mol. The largest absolute Gasteiger partial charge is 0.507 e. The van der Waals surface area contributed by atoms with Crippen LogP contribution >= 0.6 is 0 Å². The van der Waals surface area contributed by atoms with Crippen molar-refractivity contribution in [2.75, 3.05) is 7.11 Å². The number of ketones is 1. The Morgan fingerprint density at radius 1 is 1.11 bits per heavy atom. The van der Waals surface area contributed by atoms with Gasteiger partial charge in [-0.05, 0) is 36.4 Å². The fourth-order valence-electron chi connectivity index (χ4n) is 1.57. The van der Waals surface area contributed by atoms with Crippen molar-refractivity contribution in [1.29, 1.82) is 0 Å². The first-order chi connectivity index (χ1) is 9.20. The zero-order chi connectivity index (χ0) is 13.7. The highest BCUT2D eigenvalue weighted by Gasteiger charge is 2.06. The summed E-state index contributed by atoms with van der Waals surface area (Å²) in [5.74, 6) is 0.345. The second kappa shape index (κ2) is 5.82. The van der Waals surface area contributed by atoms with Crippen molar-refractivity contribution in [3.05, 3.63) is 66.0 Å². The third-order valence-electron chi connectivity index (χ3n) is 2.62. The molecule has 1 heterocycles. The molecule has 1 N–H and O–H groups in total. The Morgan fingerprint density at radius 3 is 2.32 bits per heavy atom. The minimum absolute atomic E-state index is 0.0792. The van der Waals surface area contributed by atoms with E-state index in [9.17, 15) is 9.90 Å². The average Bonchev–Trinajstić information content (AvgIpc) is 2.48. The molecule has 0 bridgehead atoms. The van der Waals surface area contributed by atoms with Gasteiger partial charge in [0.25, 0.3) is 0 Å². The maximum absolute atomic E-state index is 11.9. The summed E-state index contributed by atoms with van der Waals surface area (Å²) >= 11 is 0. The van der Waals surface area contributed by atoms with E-state index in [1.807, 2.05) is 0 Å². The van der Waals surface area contributed by atoms with Crippen molar-refractivity contribution in [3.8, 4) is 5.75 Å². The molecule has 96 valence electrons. The van der Waals surface area contributed by atoms with Crippen LogP contribution in [0.15, 0.2) is 54.9 Å². The Labute approximate surface area is 111 Å².